The maximum atomic E-state index is 13.3. The van der Waals surface area contributed by atoms with E-state index in [0.717, 1.165) is 31.4 Å². The van der Waals surface area contributed by atoms with Crippen molar-refractivity contribution in [3.63, 3.8) is 0 Å². The Hall–Kier alpha value is -3.82. The van der Waals surface area contributed by atoms with Crippen molar-refractivity contribution in [2.45, 2.75) is 46.1 Å². The zero-order valence-corrected chi connectivity index (χ0v) is 19.3. The summed E-state index contributed by atoms with van der Waals surface area (Å²) in [6, 6.07) is 11.8. The lowest BCUT2D eigenvalue weighted by molar-refractivity contribution is -0.393. The van der Waals surface area contributed by atoms with Gasteiger partial charge in [-0.1, -0.05) is 57.5 Å². The molecule has 0 bridgehead atoms. The van der Waals surface area contributed by atoms with Gasteiger partial charge in [-0.05, 0) is 36.7 Å². The number of esters is 1. The highest BCUT2D eigenvalue weighted by Gasteiger charge is 2.34. The number of rotatable bonds is 8. The van der Waals surface area contributed by atoms with Crippen molar-refractivity contribution in [3.8, 4) is 0 Å². The molecule has 10 heteroatoms. The number of non-ortho nitro benzene ring substituents is 1. The van der Waals surface area contributed by atoms with E-state index in [2.05, 4.69) is 31.3 Å². The molecule has 0 spiro atoms. The number of nitrogens with one attached hydrogen (secondary N) is 1. The molecule has 1 aliphatic rings. The zero-order valence-electron chi connectivity index (χ0n) is 19.3. The molecule has 180 valence electrons. The Bertz CT molecular complexity index is 1090. The lowest BCUT2D eigenvalue weighted by Gasteiger charge is -2.36. The Morgan fingerprint density at radius 3 is 2.41 bits per heavy atom. The fraction of sp³-hybridized carbons (Fsp3) is 0.417. The Labute approximate surface area is 197 Å². The second-order valence-corrected chi connectivity index (χ2v) is 8.92. The van der Waals surface area contributed by atoms with Gasteiger partial charge in [-0.25, -0.2) is 4.79 Å². The van der Waals surface area contributed by atoms with Crippen LogP contribution in [0.3, 0.4) is 0 Å². The molecule has 0 heterocycles. The number of nitro benzene ring substituents is 2. The largest absolute Gasteiger partial charge is 0.457 e. The average molecular weight is 469 g/mol. The van der Waals surface area contributed by atoms with Crippen LogP contribution in [0.5, 0.6) is 0 Å². The van der Waals surface area contributed by atoms with Crippen molar-refractivity contribution in [3.05, 3.63) is 74.3 Å². The maximum Gasteiger partial charge on any atom is 0.359 e. The van der Waals surface area contributed by atoms with Gasteiger partial charge in [0.25, 0.3) is 5.69 Å². The summed E-state index contributed by atoms with van der Waals surface area (Å²) in [6.45, 7) is 6.37. The van der Waals surface area contributed by atoms with E-state index in [1.807, 2.05) is 0 Å². The van der Waals surface area contributed by atoms with Crippen LogP contribution in [0.1, 0.15) is 45.6 Å². The van der Waals surface area contributed by atoms with Crippen molar-refractivity contribution in [1.29, 1.82) is 0 Å². The van der Waals surface area contributed by atoms with Crippen LogP contribution in [0.25, 0.3) is 0 Å². The number of carbonyl (C=O) groups excluding carboxylic acids is 1. The number of benzene rings is 2. The van der Waals surface area contributed by atoms with E-state index in [1.165, 1.54) is 6.07 Å². The molecule has 2 aromatic rings. The van der Waals surface area contributed by atoms with Crippen LogP contribution in [-0.2, 0) is 9.53 Å². The molecule has 10 nitrogen and oxygen atoms in total. The lowest BCUT2D eigenvalue weighted by atomic mass is 9.75. The number of ether oxygens (including phenoxy) is 1. The number of hydrazone groups is 1. The molecule has 0 aromatic heterocycles. The quantitative estimate of drug-likeness (QED) is 0.239. The Balaban J connectivity index is 1.92. The summed E-state index contributed by atoms with van der Waals surface area (Å²) in [4.78, 5) is 34.2. The Morgan fingerprint density at radius 2 is 1.79 bits per heavy atom. The monoisotopic (exact) mass is 468 g/mol. The van der Waals surface area contributed by atoms with Gasteiger partial charge in [-0.2, -0.15) is 5.10 Å². The van der Waals surface area contributed by atoms with Crippen LogP contribution in [0.15, 0.2) is 53.6 Å². The number of anilines is 1. The third-order valence-electron chi connectivity index (χ3n) is 6.14. The first-order valence-corrected chi connectivity index (χ1v) is 11.2. The van der Waals surface area contributed by atoms with Crippen LogP contribution in [0, 0.1) is 38.0 Å². The molecular weight excluding hydrogens is 440 g/mol. The lowest BCUT2D eigenvalue weighted by Crippen LogP contribution is -2.37. The minimum Gasteiger partial charge on any atom is -0.457 e. The Kier molecular flexibility index (Phi) is 7.93. The molecule has 0 aliphatic heterocycles. The number of nitrogens with zero attached hydrogens (tertiary/aromatic N) is 3. The van der Waals surface area contributed by atoms with Gasteiger partial charge in [0, 0.05) is 11.6 Å². The summed E-state index contributed by atoms with van der Waals surface area (Å²) >= 11 is 0. The standard InChI is InChI=1S/C24H28N4O6/c1-15(2)19-11-9-16(3)13-22(19)34-24(29)23(17-7-5-4-6-8-17)26-25-20-12-10-18(27(30)31)14-21(20)28(32)33/h4-8,10,12,14-16,19,22,25H,9,11,13H2,1-3H3/t16-,19+,22-/m1/s1. The number of hydrogen-bond donors (Lipinski definition) is 1. The summed E-state index contributed by atoms with van der Waals surface area (Å²) in [7, 11) is 0. The van der Waals surface area contributed by atoms with E-state index < -0.39 is 27.2 Å². The summed E-state index contributed by atoms with van der Waals surface area (Å²) in [5, 5.41) is 26.6. The van der Waals surface area contributed by atoms with E-state index in [-0.39, 0.29) is 23.4 Å². The second-order valence-electron chi connectivity index (χ2n) is 8.92. The smallest absolute Gasteiger partial charge is 0.359 e. The van der Waals surface area contributed by atoms with Crippen molar-refractivity contribution in [2.24, 2.45) is 22.9 Å². The van der Waals surface area contributed by atoms with Gasteiger partial charge >= 0.3 is 11.7 Å². The van der Waals surface area contributed by atoms with Gasteiger partial charge in [0.1, 0.15) is 11.8 Å². The maximum absolute atomic E-state index is 13.3. The molecule has 1 aliphatic carbocycles. The predicted octanol–water partition coefficient (Wildman–Crippen LogP) is 5.32. The number of nitro groups is 2. The van der Waals surface area contributed by atoms with Crippen molar-refractivity contribution in [2.75, 3.05) is 5.43 Å². The predicted molar refractivity (Wildman–Crippen MR) is 128 cm³/mol. The zero-order chi connectivity index (χ0) is 24.8. The third-order valence-corrected chi connectivity index (χ3v) is 6.14. The fourth-order valence-corrected chi connectivity index (χ4v) is 4.26. The summed E-state index contributed by atoms with van der Waals surface area (Å²) < 4.78 is 5.94. The molecule has 0 amide bonds. The molecule has 34 heavy (non-hydrogen) atoms. The minimum absolute atomic E-state index is 0.0333. The second kappa shape index (κ2) is 10.9. The van der Waals surface area contributed by atoms with Crippen molar-refractivity contribution >= 4 is 28.7 Å². The van der Waals surface area contributed by atoms with Gasteiger partial charge < -0.3 is 4.74 Å². The topological polar surface area (TPSA) is 137 Å². The van der Waals surface area contributed by atoms with Crippen LogP contribution in [-0.4, -0.2) is 27.6 Å². The molecule has 0 saturated heterocycles. The molecule has 3 atom stereocenters. The third kappa shape index (κ3) is 5.94. The van der Waals surface area contributed by atoms with Gasteiger partial charge in [0.05, 0.1) is 15.9 Å². The van der Waals surface area contributed by atoms with Gasteiger partial charge in [-0.3, -0.25) is 25.7 Å². The van der Waals surface area contributed by atoms with Crippen molar-refractivity contribution in [1.82, 2.24) is 0 Å². The van der Waals surface area contributed by atoms with E-state index >= 15 is 0 Å². The van der Waals surface area contributed by atoms with Crippen LogP contribution < -0.4 is 5.43 Å². The van der Waals surface area contributed by atoms with E-state index in [9.17, 15) is 25.0 Å². The summed E-state index contributed by atoms with van der Waals surface area (Å²) in [5.41, 5.74) is 1.96. The first kappa shape index (κ1) is 24.8. The highest BCUT2D eigenvalue weighted by atomic mass is 16.6. The van der Waals surface area contributed by atoms with Crippen LogP contribution >= 0.6 is 0 Å². The summed E-state index contributed by atoms with van der Waals surface area (Å²) in [6.07, 6.45) is 2.57. The molecule has 1 N–H and O–H groups in total. The highest BCUT2D eigenvalue weighted by molar-refractivity contribution is 6.43. The molecule has 0 radical (unpaired) electrons. The fourth-order valence-electron chi connectivity index (χ4n) is 4.26. The van der Waals surface area contributed by atoms with Crippen LogP contribution in [0.2, 0.25) is 0 Å². The first-order chi connectivity index (χ1) is 16.2. The SMILES string of the molecule is CC(C)[C@@H]1CC[C@@H](C)C[C@H]1OC(=O)C(=NNc1ccc([N+](=O)[O-])cc1[N+](=O)[O-])c1ccccc1. The van der Waals surface area contributed by atoms with Gasteiger partial charge in [0.2, 0.25) is 0 Å². The van der Waals surface area contributed by atoms with E-state index in [1.54, 1.807) is 30.3 Å². The molecule has 0 unspecified atom stereocenters. The van der Waals surface area contributed by atoms with E-state index in [0.29, 0.717) is 17.4 Å². The molecule has 2 aromatic carbocycles. The van der Waals surface area contributed by atoms with E-state index in [4.69, 9.17) is 4.74 Å². The molecule has 1 fully saturated rings. The normalized spacial score (nSPS) is 20.6. The summed E-state index contributed by atoms with van der Waals surface area (Å²) in [5.74, 6) is 0.392. The number of carbonyl (C=O) groups is 1. The average Bonchev–Trinajstić information content (AvgIpc) is 2.79. The molecule has 3 rings (SSSR count). The first-order valence-electron chi connectivity index (χ1n) is 11.2. The molecular formula is C24H28N4O6. The van der Waals surface area contributed by atoms with Gasteiger partial charge in [0.15, 0.2) is 5.71 Å². The highest BCUT2D eigenvalue weighted by Crippen LogP contribution is 2.35. The van der Waals surface area contributed by atoms with Crippen LogP contribution in [0.4, 0.5) is 17.1 Å². The number of hydrogen-bond acceptors (Lipinski definition) is 8. The van der Waals surface area contributed by atoms with Gasteiger partial charge in [-0.15, -0.1) is 0 Å². The Morgan fingerprint density at radius 1 is 1.09 bits per heavy atom. The van der Waals surface area contributed by atoms with Crippen molar-refractivity contribution < 1.29 is 19.4 Å². The molecule has 1 saturated carbocycles. The minimum atomic E-state index is -0.748.